The maximum atomic E-state index is 12.9. The molecule has 1 aliphatic rings. The van der Waals surface area contributed by atoms with E-state index in [0.717, 1.165) is 22.4 Å². The first-order valence-corrected chi connectivity index (χ1v) is 13.0. The summed E-state index contributed by atoms with van der Waals surface area (Å²) in [6.07, 6.45) is 1.10. The Hall–Kier alpha value is -3.33. The average Bonchev–Trinajstić information content (AvgIpc) is 3.42. The minimum atomic E-state index is -3.10. The molecule has 2 aromatic carbocycles. The van der Waals surface area contributed by atoms with Gasteiger partial charge in [-0.2, -0.15) is 5.10 Å². The van der Waals surface area contributed by atoms with Crippen molar-refractivity contribution in [3.8, 4) is 22.8 Å². The summed E-state index contributed by atoms with van der Waals surface area (Å²) >= 11 is 0. The van der Waals surface area contributed by atoms with Crippen molar-refractivity contribution in [2.45, 2.75) is 25.8 Å². The predicted octanol–water partition coefficient (Wildman–Crippen LogP) is 3.21. The quantitative estimate of drug-likeness (QED) is 0.528. The minimum Gasteiger partial charge on any atom is -0.493 e. The van der Waals surface area contributed by atoms with E-state index in [9.17, 15) is 13.2 Å². The third-order valence-electron chi connectivity index (χ3n) is 6.02. The van der Waals surface area contributed by atoms with Crippen LogP contribution in [0.4, 0.5) is 0 Å². The van der Waals surface area contributed by atoms with Gasteiger partial charge in [0.2, 0.25) is 0 Å². The molecular formula is C25H29N3O5S. The molecule has 1 atom stereocenters. The Labute approximate surface area is 199 Å². The van der Waals surface area contributed by atoms with Gasteiger partial charge in [-0.15, -0.1) is 0 Å². The van der Waals surface area contributed by atoms with Gasteiger partial charge in [0.05, 0.1) is 37.5 Å². The van der Waals surface area contributed by atoms with Crippen molar-refractivity contribution in [1.29, 1.82) is 0 Å². The second kappa shape index (κ2) is 9.89. The van der Waals surface area contributed by atoms with Crippen LogP contribution in [0, 0.1) is 6.92 Å². The number of amides is 1. The third-order valence-corrected chi connectivity index (χ3v) is 7.77. The second-order valence-corrected chi connectivity index (χ2v) is 10.7. The number of carbonyl (C=O) groups is 1. The Kier molecular flexibility index (Phi) is 6.92. The molecule has 0 unspecified atom stereocenters. The summed E-state index contributed by atoms with van der Waals surface area (Å²) in [5, 5.41) is 7.45. The van der Waals surface area contributed by atoms with Crippen LogP contribution in [-0.2, 0) is 16.3 Å². The highest BCUT2D eigenvalue weighted by Gasteiger charge is 2.32. The van der Waals surface area contributed by atoms with E-state index < -0.39 is 9.84 Å². The van der Waals surface area contributed by atoms with Crippen molar-refractivity contribution < 1.29 is 22.7 Å². The standard InChI is InChI=1S/C25H29N3O5S/c1-17-4-7-19(8-5-17)22-15-21(27-28(22)20-11-13-34(30,31)16-20)25(29)26-12-10-18-6-9-23(32-2)24(14-18)33-3/h4-9,14-15,20H,10-13,16H2,1-3H3,(H,26,29)/t20-/m0/s1. The van der Waals surface area contributed by atoms with Gasteiger partial charge in [-0.05, 0) is 49.1 Å². The molecule has 1 aliphatic heterocycles. The van der Waals surface area contributed by atoms with E-state index in [1.54, 1.807) is 25.0 Å². The normalized spacial score (nSPS) is 16.9. The zero-order valence-electron chi connectivity index (χ0n) is 19.6. The number of sulfone groups is 1. The zero-order chi connectivity index (χ0) is 24.3. The molecule has 3 aromatic rings. The molecule has 34 heavy (non-hydrogen) atoms. The van der Waals surface area contributed by atoms with Gasteiger partial charge in [0.15, 0.2) is 27.0 Å². The minimum absolute atomic E-state index is 0.0356. The van der Waals surface area contributed by atoms with Crippen molar-refractivity contribution >= 4 is 15.7 Å². The topological polar surface area (TPSA) is 99.5 Å². The number of nitrogens with zero attached hydrogens (tertiary/aromatic N) is 2. The molecule has 0 saturated carbocycles. The van der Waals surface area contributed by atoms with Crippen LogP contribution < -0.4 is 14.8 Å². The van der Waals surface area contributed by atoms with Gasteiger partial charge in [-0.25, -0.2) is 8.42 Å². The van der Waals surface area contributed by atoms with Gasteiger partial charge in [-0.1, -0.05) is 35.9 Å². The number of hydrogen-bond donors (Lipinski definition) is 1. The van der Waals surface area contributed by atoms with E-state index in [1.807, 2.05) is 49.4 Å². The van der Waals surface area contributed by atoms with Gasteiger partial charge in [0, 0.05) is 6.54 Å². The summed E-state index contributed by atoms with van der Waals surface area (Å²) < 4.78 is 36.4. The first-order chi connectivity index (χ1) is 16.3. The summed E-state index contributed by atoms with van der Waals surface area (Å²) in [6.45, 7) is 2.42. The smallest absolute Gasteiger partial charge is 0.271 e. The first-order valence-electron chi connectivity index (χ1n) is 11.2. The first kappa shape index (κ1) is 23.8. The largest absolute Gasteiger partial charge is 0.493 e. The maximum absolute atomic E-state index is 12.9. The van der Waals surface area contributed by atoms with Gasteiger partial charge in [0.1, 0.15) is 0 Å². The molecule has 1 amide bonds. The molecule has 4 rings (SSSR count). The van der Waals surface area contributed by atoms with Crippen LogP contribution in [0.15, 0.2) is 48.5 Å². The molecular weight excluding hydrogens is 454 g/mol. The second-order valence-electron chi connectivity index (χ2n) is 8.48. The van der Waals surface area contributed by atoms with Crippen molar-refractivity contribution in [2.24, 2.45) is 0 Å². The van der Waals surface area contributed by atoms with Crippen molar-refractivity contribution in [1.82, 2.24) is 15.1 Å². The Bertz CT molecular complexity index is 1280. The number of methoxy groups -OCH3 is 2. The van der Waals surface area contributed by atoms with Gasteiger partial charge in [-0.3, -0.25) is 9.48 Å². The molecule has 1 fully saturated rings. The molecule has 0 spiro atoms. The molecule has 1 aromatic heterocycles. The average molecular weight is 484 g/mol. The highest BCUT2D eigenvalue weighted by atomic mass is 32.2. The molecule has 0 bridgehead atoms. The van der Waals surface area contributed by atoms with Crippen LogP contribution in [-0.4, -0.2) is 56.4 Å². The number of aryl methyl sites for hydroxylation is 1. The van der Waals surface area contributed by atoms with Crippen LogP contribution in [0.3, 0.4) is 0 Å². The molecule has 8 nitrogen and oxygen atoms in total. The fourth-order valence-electron chi connectivity index (χ4n) is 4.14. The summed E-state index contributed by atoms with van der Waals surface area (Å²) in [6, 6.07) is 15.0. The number of carbonyl (C=O) groups excluding carboxylic acids is 1. The Morgan fingerprint density at radius 1 is 1.09 bits per heavy atom. The van der Waals surface area contributed by atoms with E-state index >= 15 is 0 Å². The maximum Gasteiger partial charge on any atom is 0.271 e. The van der Waals surface area contributed by atoms with E-state index in [2.05, 4.69) is 10.4 Å². The number of ether oxygens (including phenoxy) is 2. The van der Waals surface area contributed by atoms with Crippen LogP contribution in [0.5, 0.6) is 11.5 Å². The van der Waals surface area contributed by atoms with Crippen molar-refractivity contribution in [3.05, 3.63) is 65.4 Å². The van der Waals surface area contributed by atoms with E-state index in [-0.39, 0.29) is 29.1 Å². The SMILES string of the molecule is COc1ccc(CCNC(=O)c2cc(-c3ccc(C)cc3)n([C@H]3CCS(=O)(=O)C3)n2)cc1OC. The van der Waals surface area contributed by atoms with Crippen LogP contribution in [0.1, 0.15) is 34.1 Å². The van der Waals surface area contributed by atoms with E-state index in [4.69, 9.17) is 9.47 Å². The molecule has 1 N–H and O–H groups in total. The third kappa shape index (κ3) is 5.25. The van der Waals surface area contributed by atoms with Crippen LogP contribution in [0.2, 0.25) is 0 Å². The van der Waals surface area contributed by atoms with E-state index in [0.29, 0.717) is 30.9 Å². The Morgan fingerprint density at radius 3 is 2.47 bits per heavy atom. The zero-order valence-corrected chi connectivity index (χ0v) is 20.4. The van der Waals surface area contributed by atoms with Crippen LogP contribution in [0.25, 0.3) is 11.3 Å². The number of nitrogens with one attached hydrogen (secondary N) is 1. The fourth-order valence-corrected chi connectivity index (χ4v) is 5.83. The van der Waals surface area contributed by atoms with Crippen molar-refractivity contribution in [2.75, 3.05) is 32.3 Å². The lowest BCUT2D eigenvalue weighted by atomic mass is 10.1. The molecule has 180 valence electrons. The lowest BCUT2D eigenvalue weighted by Crippen LogP contribution is -2.26. The number of aromatic nitrogens is 2. The molecule has 1 saturated heterocycles. The molecule has 9 heteroatoms. The number of rotatable bonds is 8. The van der Waals surface area contributed by atoms with Gasteiger partial charge in [0.25, 0.3) is 5.91 Å². The van der Waals surface area contributed by atoms with Crippen LogP contribution >= 0.6 is 0 Å². The lowest BCUT2D eigenvalue weighted by Gasteiger charge is -2.13. The highest BCUT2D eigenvalue weighted by Crippen LogP contribution is 2.30. The number of hydrogen-bond acceptors (Lipinski definition) is 6. The lowest BCUT2D eigenvalue weighted by molar-refractivity contribution is 0.0948. The van der Waals surface area contributed by atoms with Gasteiger partial charge >= 0.3 is 0 Å². The van der Waals surface area contributed by atoms with Gasteiger partial charge < -0.3 is 14.8 Å². The summed E-state index contributed by atoms with van der Waals surface area (Å²) in [7, 11) is 0.0738. The predicted molar refractivity (Wildman–Crippen MR) is 130 cm³/mol. The molecule has 2 heterocycles. The molecule has 0 aliphatic carbocycles. The monoisotopic (exact) mass is 483 g/mol. The highest BCUT2D eigenvalue weighted by molar-refractivity contribution is 7.91. The summed E-state index contributed by atoms with van der Waals surface area (Å²) in [5.41, 5.74) is 4.03. The Morgan fingerprint density at radius 2 is 1.82 bits per heavy atom. The number of benzene rings is 2. The fraction of sp³-hybridized carbons (Fsp3) is 0.360. The summed E-state index contributed by atoms with van der Waals surface area (Å²) in [4.78, 5) is 12.9. The Balaban J connectivity index is 1.51. The molecule has 0 radical (unpaired) electrons. The van der Waals surface area contributed by atoms with E-state index in [1.165, 1.54) is 0 Å². The summed E-state index contributed by atoms with van der Waals surface area (Å²) in [5.74, 6) is 1.16. The van der Waals surface area contributed by atoms with Crippen molar-refractivity contribution in [3.63, 3.8) is 0 Å².